The van der Waals surface area contributed by atoms with E-state index in [4.69, 9.17) is 0 Å². The second kappa shape index (κ2) is 6.28. The van der Waals surface area contributed by atoms with Gasteiger partial charge in [0.1, 0.15) is 0 Å². The number of aromatic nitrogens is 3. The molecular weight excluding hydrogens is 280 g/mol. The van der Waals surface area contributed by atoms with Crippen LogP contribution >= 0.6 is 11.5 Å². The zero-order chi connectivity index (χ0) is 14.7. The lowest BCUT2D eigenvalue weighted by atomic mass is 10.0. The van der Waals surface area contributed by atoms with E-state index in [0.717, 1.165) is 35.1 Å². The van der Waals surface area contributed by atoms with Crippen LogP contribution in [0, 0.1) is 0 Å². The lowest BCUT2D eigenvalue weighted by Crippen LogP contribution is -2.22. The van der Waals surface area contributed by atoms with E-state index in [2.05, 4.69) is 45.9 Å². The Morgan fingerprint density at radius 3 is 2.90 bits per heavy atom. The lowest BCUT2D eigenvalue weighted by Gasteiger charge is -2.17. The van der Waals surface area contributed by atoms with Gasteiger partial charge < -0.3 is 5.32 Å². The SMILES string of the molecule is CCNC(c1cnc2ccccc2c1)c1snnc1CC. The molecular formula is C16H18N4S. The van der Waals surface area contributed by atoms with Gasteiger partial charge in [0.2, 0.25) is 0 Å². The molecule has 0 bridgehead atoms. The van der Waals surface area contributed by atoms with Crippen LogP contribution in [0.4, 0.5) is 0 Å². The molecule has 0 aliphatic rings. The van der Waals surface area contributed by atoms with Crippen molar-refractivity contribution >= 4 is 22.4 Å². The van der Waals surface area contributed by atoms with Gasteiger partial charge in [-0.05, 0) is 42.2 Å². The highest BCUT2D eigenvalue weighted by atomic mass is 32.1. The van der Waals surface area contributed by atoms with Crippen LogP contribution < -0.4 is 5.32 Å². The number of aryl methyl sites for hydroxylation is 1. The fourth-order valence-electron chi connectivity index (χ4n) is 2.49. The van der Waals surface area contributed by atoms with Gasteiger partial charge in [0.25, 0.3) is 0 Å². The highest BCUT2D eigenvalue weighted by Gasteiger charge is 2.20. The number of para-hydroxylation sites is 1. The predicted molar refractivity (Wildman–Crippen MR) is 86.5 cm³/mol. The Hall–Kier alpha value is -1.85. The highest BCUT2D eigenvalue weighted by Crippen LogP contribution is 2.28. The van der Waals surface area contributed by atoms with Crippen LogP contribution in [0.2, 0.25) is 0 Å². The lowest BCUT2D eigenvalue weighted by molar-refractivity contribution is 0.632. The van der Waals surface area contributed by atoms with E-state index in [1.165, 1.54) is 16.4 Å². The standard InChI is InChI=1S/C16H18N4S/c1-3-13-16(21-20-19-13)15(17-4-2)12-9-11-7-5-6-8-14(11)18-10-12/h5-10,15,17H,3-4H2,1-2H3. The van der Waals surface area contributed by atoms with Gasteiger partial charge >= 0.3 is 0 Å². The summed E-state index contributed by atoms with van der Waals surface area (Å²) in [6.07, 6.45) is 2.85. The first-order chi connectivity index (χ1) is 10.3. The van der Waals surface area contributed by atoms with Gasteiger partial charge in [-0.3, -0.25) is 4.98 Å². The molecule has 0 amide bonds. The summed E-state index contributed by atoms with van der Waals surface area (Å²) in [6, 6.07) is 10.5. The summed E-state index contributed by atoms with van der Waals surface area (Å²) in [7, 11) is 0. The number of hydrogen-bond donors (Lipinski definition) is 1. The number of fused-ring (bicyclic) bond motifs is 1. The van der Waals surface area contributed by atoms with Crippen molar-refractivity contribution < 1.29 is 0 Å². The van der Waals surface area contributed by atoms with Crippen LogP contribution in [0.1, 0.15) is 36.0 Å². The van der Waals surface area contributed by atoms with E-state index in [1.54, 1.807) is 0 Å². The molecule has 1 atom stereocenters. The minimum absolute atomic E-state index is 0.113. The van der Waals surface area contributed by atoms with Crippen molar-refractivity contribution in [1.82, 2.24) is 19.9 Å². The topological polar surface area (TPSA) is 50.7 Å². The number of benzene rings is 1. The van der Waals surface area contributed by atoms with Gasteiger partial charge in [0, 0.05) is 11.6 Å². The minimum Gasteiger partial charge on any atom is -0.306 e. The van der Waals surface area contributed by atoms with Gasteiger partial charge in [0.05, 0.1) is 22.1 Å². The van der Waals surface area contributed by atoms with E-state index >= 15 is 0 Å². The van der Waals surface area contributed by atoms with Crippen LogP contribution in [-0.4, -0.2) is 21.1 Å². The summed E-state index contributed by atoms with van der Waals surface area (Å²) >= 11 is 1.47. The maximum atomic E-state index is 4.57. The monoisotopic (exact) mass is 298 g/mol. The third-order valence-corrected chi connectivity index (χ3v) is 4.37. The molecule has 0 aliphatic heterocycles. The van der Waals surface area contributed by atoms with Crippen molar-refractivity contribution in [3.63, 3.8) is 0 Å². The van der Waals surface area contributed by atoms with Crippen molar-refractivity contribution in [1.29, 1.82) is 0 Å². The molecule has 5 heteroatoms. The first-order valence-corrected chi connectivity index (χ1v) is 8.00. The molecule has 2 heterocycles. The van der Waals surface area contributed by atoms with E-state index in [9.17, 15) is 0 Å². The largest absolute Gasteiger partial charge is 0.306 e. The second-order valence-corrected chi connectivity index (χ2v) is 5.68. The summed E-state index contributed by atoms with van der Waals surface area (Å²) in [4.78, 5) is 5.76. The van der Waals surface area contributed by atoms with Crippen LogP contribution in [0.25, 0.3) is 10.9 Å². The Bertz CT molecular complexity index is 738. The predicted octanol–water partition coefficient (Wildman–Crippen LogP) is 3.35. The molecule has 3 rings (SSSR count). The summed E-state index contributed by atoms with van der Waals surface area (Å²) in [5.41, 5.74) is 3.25. The number of nitrogens with zero attached hydrogens (tertiary/aromatic N) is 3. The number of rotatable bonds is 5. The third kappa shape index (κ3) is 2.80. The quantitative estimate of drug-likeness (QED) is 0.785. The van der Waals surface area contributed by atoms with Crippen molar-refractivity contribution in [2.75, 3.05) is 6.54 Å². The molecule has 3 aromatic rings. The highest BCUT2D eigenvalue weighted by molar-refractivity contribution is 7.05. The van der Waals surface area contributed by atoms with Gasteiger partial charge in [-0.2, -0.15) is 0 Å². The first-order valence-electron chi connectivity index (χ1n) is 7.22. The Labute approximate surface area is 128 Å². The maximum absolute atomic E-state index is 4.57. The first kappa shape index (κ1) is 14.1. The normalized spacial score (nSPS) is 12.7. The van der Waals surface area contributed by atoms with Crippen LogP contribution in [-0.2, 0) is 6.42 Å². The Kier molecular flexibility index (Phi) is 4.22. The third-order valence-electron chi connectivity index (χ3n) is 3.54. The van der Waals surface area contributed by atoms with Gasteiger partial charge in [-0.15, -0.1) is 5.10 Å². The minimum atomic E-state index is 0.113. The molecule has 0 fully saturated rings. The summed E-state index contributed by atoms with van der Waals surface area (Å²) < 4.78 is 4.12. The molecule has 1 aromatic carbocycles. The molecule has 0 saturated carbocycles. The molecule has 108 valence electrons. The van der Waals surface area contributed by atoms with Crippen molar-refractivity contribution in [3.8, 4) is 0 Å². The molecule has 2 aromatic heterocycles. The van der Waals surface area contributed by atoms with Gasteiger partial charge in [0.15, 0.2) is 0 Å². The van der Waals surface area contributed by atoms with E-state index in [1.807, 2.05) is 24.4 Å². The van der Waals surface area contributed by atoms with E-state index in [0.29, 0.717) is 0 Å². The molecule has 1 unspecified atom stereocenters. The number of nitrogens with one attached hydrogen (secondary N) is 1. The van der Waals surface area contributed by atoms with Gasteiger partial charge in [-0.25, -0.2) is 0 Å². The molecule has 0 radical (unpaired) electrons. The second-order valence-electron chi connectivity index (χ2n) is 4.89. The molecule has 21 heavy (non-hydrogen) atoms. The molecule has 0 spiro atoms. The maximum Gasteiger partial charge on any atom is 0.0804 e. The van der Waals surface area contributed by atoms with Gasteiger partial charge in [-0.1, -0.05) is 36.5 Å². The Balaban J connectivity index is 2.06. The Morgan fingerprint density at radius 1 is 1.24 bits per heavy atom. The molecule has 4 nitrogen and oxygen atoms in total. The summed E-state index contributed by atoms with van der Waals surface area (Å²) in [5, 5.41) is 8.93. The fourth-order valence-corrected chi connectivity index (χ4v) is 3.33. The Morgan fingerprint density at radius 2 is 2.10 bits per heavy atom. The molecule has 1 N–H and O–H groups in total. The van der Waals surface area contributed by atoms with Crippen LogP contribution in [0.15, 0.2) is 36.5 Å². The van der Waals surface area contributed by atoms with E-state index in [-0.39, 0.29) is 6.04 Å². The van der Waals surface area contributed by atoms with E-state index < -0.39 is 0 Å². The smallest absolute Gasteiger partial charge is 0.0804 e. The fraction of sp³-hybridized carbons (Fsp3) is 0.312. The number of hydrogen-bond acceptors (Lipinski definition) is 5. The van der Waals surface area contributed by atoms with Crippen molar-refractivity contribution in [3.05, 3.63) is 52.7 Å². The zero-order valence-corrected chi connectivity index (χ0v) is 13.0. The summed E-state index contributed by atoms with van der Waals surface area (Å²) in [6.45, 7) is 5.11. The zero-order valence-electron chi connectivity index (χ0n) is 12.2. The average Bonchev–Trinajstić information content (AvgIpc) is 3.00. The summed E-state index contributed by atoms with van der Waals surface area (Å²) in [5.74, 6) is 0. The average molecular weight is 298 g/mol. The molecule has 0 saturated heterocycles. The number of pyridine rings is 1. The molecule has 0 aliphatic carbocycles. The van der Waals surface area contributed by atoms with Crippen molar-refractivity contribution in [2.45, 2.75) is 26.3 Å². The van der Waals surface area contributed by atoms with Crippen LogP contribution in [0.5, 0.6) is 0 Å². The van der Waals surface area contributed by atoms with Crippen LogP contribution in [0.3, 0.4) is 0 Å². The van der Waals surface area contributed by atoms with Crippen molar-refractivity contribution in [2.24, 2.45) is 0 Å².